The number of carbonyl (C=O) groups is 1. The SMILES string of the molecule is C[C@H](NC(=O)C(F)(F)F)c1cccc(Br)c1. The van der Waals surface area contributed by atoms with Gasteiger partial charge in [-0.05, 0) is 24.6 Å². The van der Waals surface area contributed by atoms with Crippen molar-refractivity contribution in [2.24, 2.45) is 0 Å². The number of benzene rings is 1. The molecule has 0 aromatic heterocycles. The van der Waals surface area contributed by atoms with Crippen molar-refractivity contribution < 1.29 is 18.0 Å². The van der Waals surface area contributed by atoms with E-state index in [-0.39, 0.29) is 0 Å². The monoisotopic (exact) mass is 295 g/mol. The number of alkyl halides is 3. The highest BCUT2D eigenvalue weighted by Gasteiger charge is 2.39. The molecule has 1 aromatic carbocycles. The average Bonchev–Trinajstić information content (AvgIpc) is 2.16. The molecule has 0 saturated carbocycles. The van der Waals surface area contributed by atoms with Gasteiger partial charge >= 0.3 is 12.1 Å². The summed E-state index contributed by atoms with van der Waals surface area (Å²) in [6.07, 6.45) is -4.85. The van der Waals surface area contributed by atoms with Gasteiger partial charge in [-0.15, -0.1) is 0 Å². The van der Waals surface area contributed by atoms with Gasteiger partial charge in [0.2, 0.25) is 0 Å². The average molecular weight is 296 g/mol. The molecule has 0 aliphatic carbocycles. The Morgan fingerprint density at radius 3 is 2.56 bits per heavy atom. The first-order valence-corrected chi connectivity index (χ1v) is 5.23. The molecule has 6 heteroatoms. The summed E-state index contributed by atoms with van der Waals surface area (Å²) in [5, 5.41) is 1.88. The third-order valence-corrected chi connectivity index (χ3v) is 2.45. The molecule has 1 atom stereocenters. The molecule has 88 valence electrons. The number of rotatable bonds is 2. The number of hydrogen-bond donors (Lipinski definition) is 1. The zero-order valence-electron chi connectivity index (χ0n) is 8.31. The molecule has 2 nitrogen and oxygen atoms in total. The molecule has 0 heterocycles. The van der Waals surface area contributed by atoms with Crippen LogP contribution in [0.25, 0.3) is 0 Å². The van der Waals surface area contributed by atoms with Crippen LogP contribution in [0.3, 0.4) is 0 Å². The first-order chi connectivity index (χ1) is 7.30. The van der Waals surface area contributed by atoms with E-state index >= 15 is 0 Å². The zero-order chi connectivity index (χ0) is 12.3. The second-order valence-corrected chi connectivity index (χ2v) is 4.16. The number of amides is 1. The fraction of sp³-hybridized carbons (Fsp3) is 0.300. The van der Waals surface area contributed by atoms with E-state index in [0.717, 1.165) is 4.47 Å². The fourth-order valence-electron chi connectivity index (χ4n) is 1.14. The summed E-state index contributed by atoms with van der Waals surface area (Å²) >= 11 is 3.20. The lowest BCUT2D eigenvalue weighted by atomic mass is 10.1. The molecule has 0 aliphatic rings. The maximum atomic E-state index is 12.0. The fourth-order valence-corrected chi connectivity index (χ4v) is 1.55. The third-order valence-electron chi connectivity index (χ3n) is 1.95. The Hall–Kier alpha value is -1.04. The Morgan fingerprint density at radius 2 is 2.06 bits per heavy atom. The van der Waals surface area contributed by atoms with E-state index in [1.165, 1.54) is 6.92 Å². The highest BCUT2D eigenvalue weighted by atomic mass is 79.9. The minimum Gasteiger partial charge on any atom is -0.342 e. The Balaban J connectivity index is 2.73. The van der Waals surface area contributed by atoms with Crippen molar-refractivity contribution in [1.82, 2.24) is 5.32 Å². The first-order valence-electron chi connectivity index (χ1n) is 4.44. The molecule has 0 spiro atoms. The van der Waals surface area contributed by atoms with Crippen molar-refractivity contribution >= 4 is 21.8 Å². The summed E-state index contributed by atoms with van der Waals surface area (Å²) < 4.78 is 36.7. The molecule has 16 heavy (non-hydrogen) atoms. The minimum absolute atomic E-state index is 0.604. The summed E-state index contributed by atoms with van der Waals surface area (Å²) in [7, 11) is 0. The highest BCUT2D eigenvalue weighted by molar-refractivity contribution is 9.10. The third kappa shape index (κ3) is 3.52. The van der Waals surface area contributed by atoms with Crippen molar-refractivity contribution in [3.8, 4) is 0 Å². The predicted molar refractivity (Wildman–Crippen MR) is 56.8 cm³/mol. The maximum absolute atomic E-state index is 12.0. The molecule has 1 aromatic rings. The van der Waals surface area contributed by atoms with Gasteiger partial charge in [-0.3, -0.25) is 4.79 Å². The van der Waals surface area contributed by atoms with Gasteiger partial charge in [-0.1, -0.05) is 28.1 Å². The van der Waals surface area contributed by atoms with Gasteiger partial charge in [0.15, 0.2) is 0 Å². The van der Waals surface area contributed by atoms with Crippen molar-refractivity contribution in [2.75, 3.05) is 0 Å². The summed E-state index contributed by atoms with van der Waals surface area (Å²) in [4.78, 5) is 10.7. The van der Waals surface area contributed by atoms with Crippen LogP contribution in [-0.2, 0) is 4.79 Å². The standard InChI is InChI=1S/C10H9BrF3NO/c1-6(15-9(16)10(12,13)14)7-3-2-4-8(11)5-7/h2-6H,1H3,(H,15,16)/t6-/m0/s1. The van der Waals surface area contributed by atoms with Crippen molar-refractivity contribution in [2.45, 2.75) is 19.1 Å². The summed E-state index contributed by atoms with van der Waals surface area (Å²) in [6.45, 7) is 1.49. The lowest BCUT2D eigenvalue weighted by Crippen LogP contribution is -2.38. The molecule has 0 fully saturated rings. The van der Waals surface area contributed by atoms with Crippen molar-refractivity contribution in [3.05, 3.63) is 34.3 Å². The van der Waals surface area contributed by atoms with Crippen LogP contribution in [-0.4, -0.2) is 12.1 Å². The predicted octanol–water partition coefficient (Wildman–Crippen LogP) is 3.19. The molecular formula is C10H9BrF3NO. The smallest absolute Gasteiger partial charge is 0.342 e. The highest BCUT2D eigenvalue weighted by Crippen LogP contribution is 2.20. The Labute approximate surface area is 99.0 Å². The van der Waals surface area contributed by atoms with Crippen LogP contribution in [0.15, 0.2) is 28.7 Å². The molecule has 1 N–H and O–H groups in total. The number of hydrogen-bond acceptors (Lipinski definition) is 1. The lowest BCUT2D eigenvalue weighted by molar-refractivity contribution is -0.174. The van der Waals surface area contributed by atoms with E-state index in [9.17, 15) is 18.0 Å². The topological polar surface area (TPSA) is 29.1 Å². The molecule has 1 rings (SSSR count). The van der Waals surface area contributed by atoms with Gasteiger partial charge < -0.3 is 5.32 Å². The minimum atomic E-state index is -4.85. The largest absolute Gasteiger partial charge is 0.471 e. The Bertz CT molecular complexity index is 392. The van der Waals surface area contributed by atoms with Crippen LogP contribution >= 0.6 is 15.9 Å². The second kappa shape index (κ2) is 4.86. The van der Waals surface area contributed by atoms with E-state index in [2.05, 4.69) is 15.9 Å². The van der Waals surface area contributed by atoms with Crippen LogP contribution < -0.4 is 5.32 Å². The van der Waals surface area contributed by atoms with Crippen LogP contribution in [0.5, 0.6) is 0 Å². The van der Waals surface area contributed by atoms with Crippen LogP contribution in [0, 0.1) is 0 Å². The normalized spacial score (nSPS) is 13.3. The molecule has 0 radical (unpaired) electrons. The molecule has 1 amide bonds. The lowest BCUT2D eigenvalue weighted by Gasteiger charge is -2.15. The zero-order valence-corrected chi connectivity index (χ0v) is 9.89. The van der Waals surface area contributed by atoms with Gasteiger partial charge in [0.25, 0.3) is 0 Å². The van der Waals surface area contributed by atoms with E-state index in [0.29, 0.717) is 5.56 Å². The Morgan fingerprint density at radius 1 is 1.44 bits per heavy atom. The van der Waals surface area contributed by atoms with E-state index in [1.54, 1.807) is 24.3 Å². The molecule has 0 saturated heterocycles. The molecule has 0 bridgehead atoms. The molecule has 0 aliphatic heterocycles. The van der Waals surface area contributed by atoms with Crippen molar-refractivity contribution in [1.29, 1.82) is 0 Å². The second-order valence-electron chi connectivity index (χ2n) is 3.25. The van der Waals surface area contributed by atoms with Crippen LogP contribution in [0.4, 0.5) is 13.2 Å². The first kappa shape index (κ1) is 13.0. The number of nitrogens with one attached hydrogen (secondary N) is 1. The molecular weight excluding hydrogens is 287 g/mol. The van der Waals surface area contributed by atoms with Gasteiger partial charge in [-0.2, -0.15) is 13.2 Å². The van der Waals surface area contributed by atoms with E-state index in [4.69, 9.17) is 0 Å². The van der Waals surface area contributed by atoms with Crippen LogP contribution in [0.2, 0.25) is 0 Å². The van der Waals surface area contributed by atoms with Gasteiger partial charge in [-0.25, -0.2) is 0 Å². The maximum Gasteiger partial charge on any atom is 0.471 e. The number of halogens is 4. The summed E-state index contributed by atoms with van der Waals surface area (Å²) in [5.74, 6) is -1.93. The van der Waals surface area contributed by atoms with Gasteiger partial charge in [0, 0.05) is 4.47 Å². The Kier molecular flexibility index (Phi) is 3.96. The summed E-state index contributed by atoms with van der Waals surface area (Å²) in [5.41, 5.74) is 0.604. The summed E-state index contributed by atoms with van der Waals surface area (Å²) in [6, 6.07) is 6.05. The quantitative estimate of drug-likeness (QED) is 0.892. The molecule has 0 unspecified atom stereocenters. The van der Waals surface area contributed by atoms with E-state index in [1.807, 2.05) is 5.32 Å². The van der Waals surface area contributed by atoms with Gasteiger partial charge in [0.05, 0.1) is 6.04 Å². The van der Waals surface area contributed by atoms with Gasteiger partial charge in [0.1, 0.15) is 0 Å². The van der Waals surface area contributed by atoms with E-state index < -0.39 is 18.1 Å². The van der Waals surface area contributed by atoms with Crippen LogP contribution in [0.1, 0.15) is 18.5 Å². The number of carbonyl (C=O) groups excluding carboxylic acids is 1. The van der Waals surface area contributed by atoms with Crippen molar-refractivity contribution in [3.63, 3.8) is 0 Å².